The Morgan fingerprint density at radius 2 is 1.49 bits per heavy atom. The minimum Gasteiger partial charge on any atom is -0.496 e. The molecule has 19 heteroatoms. The number of aryl methyl sites for hydroxylation is 1. The first kappa shape index (κ1) is 48.0. The quantitative estimate of drug-likeness (QED) is 0.192. The number of methoxy groups -OCH3 is 2. The SMILES string of the molecule is CNC(=O)N1CCc2c(-c3cc(OC)c(CN4CCC(CCN5CCN(c6ccc7c(c6)C(=O)N(C6CCC(=O)N(COC(=O)OC(C)C)C6=O)C7=O)CC5)CC4)c(OC)c3)cn(C)c(=O)c2C1. The average Bonchev–Trinajstić information content (AvgIpc) is 3.59. The minimum absolute atomic E-state index is 0.0174. The first-order valence-electron chi connectivity index (χ1n) is 23.5. The van der Waals surface area contributed by atoms with Crippen LogP contribution in [-0.4, -0.2) is 157 Å². The van der Waals surface area contributed by atoms with Gasteiger partial charge in [-0.25, -0.2) is 14.5 Å². The van der Waals surface area contributed by atoms with Gasteiger partial charge in [-0.2, -0.15) is 0 Å². The van der Waals surface area contributed by atoms with Crippen LogP contribution in [0.1, 0.15) is 83.4 Å². The van der Waals surface area contributed by atoms with E-state index in [1.165, 1.54) is 0 Å². The number of aromatic nitrogens is 1. The summed E-state index contributed by atoms with van der Waals surface area (Å²) in [7, 11) is 6.67. The highest BCUT2D eigenvalue weighted by atomic mass is 16.7. The van der Waals surface area contributed by atoms with Crippen LogP contribution in [0.3, 0.4) is 0 Å². The molecule has 8 rings (SSSR count). The first-order valence-corrected chi connectivity index (χ1v) is 23.5. The van der Waals surface area contributed by atoms with E-state index in [-0.39, 0.29) is 42.1 Å². The number of benzene rings is 2. The highest BCUT2D eigenvalue weighted by Gasteiger charge is 2.47. The minimum atomic E-state index is -1.20. The molecule has 19 nitrogen and oxygen atoms in total. The molecular formula is C49H62N8O11. The summed E-state index contributed by atoms with van der Waals surface area (Å²) in [6, 6.07) is 7.86. The Labute approximate surface area is 395 Å². The standard InChI is InChI=1S/C49H62N8O11/c1-30(2)68-49(64)67-29-56-43(58)10-9-40(47(56)62)57-45(60)35-8-7-33(25-36(35)46(57)61)54-21-19-52(20-22-54)15-11-31-12-16-53(17-13-31)27-39-41(65-5)23-32(24-42(39)66-6)37-26-51(4)44(59)38-28-55(48(63)50-3)18-14-34(37)38/h7-8,23-26,30-31,40H,9-22,27-29H2,1-6H3,(H,50,63). The first-order chi connectivity index (χ1) is 32.7. The Bertz CT molecular complexity index is 2500. The van der Waals surface area contributed by atoms with Gasteiger partial charge in [0.15, 0.2) is 6.73 Å². The van der Waals surface area contributed by atoms with Crippen LogP contribution >= 0.6 is 0 Å². The van der Waals surface area contributed by atoms with E-state index in [1.807, 2.05) is 24.4 Å². The van der Waals surface area contributed by atoms with Gasteiger partial charge in [-0.1, -0.05) is 0 Å². The molecule has 5 aliphatic heterocycles. The second kappa shape index (κ2) is 20.4. The summed E-state index contributed by atoms with van der Waals surface area (Å²) in [5.74, 6) is -0.472. The Balaban J connectivity index is 0.822. The number of pyridine rings is 1. The number of amides is 6. The number of hydrogen-bond donors (Lipinski definition) is 1. The predicted octanol–water partition coefficient (Wildman–Crippen LogP) is 3.82. The molecule has 68 heavy (non-hydrogen) atoms. The number of imide groups is 2. The Hall–Kier alpha value is -6.47. The lowest BCUT2D eigenvalue weighted by Crippen LogP contribution is -2.56. The van der Waals surface area contributed by atoms with Crippen molar-refractivity contribution < 1.29 is 47.7 Å². The van der Waals surface area contributed by atoms with Crippen molar-refractivity contribution in [3.8, 4) is 22.6 Å². The molecule has 6 amide bonds. The zero-order valence-corrected chi connectivity index (χ0v) is 39.8. The molecule has 0 radical (unpaired) electrons. The fraction of sp³-hybridized carbons (Fsp3) is 0.531. The average molecular weight is 939 g/mol. The number of nitrogens with one attached hydrogen (secondary N) is 1. The number of piperazine rings is 1. The van der Waals surface area contributed by atoms with E-state index >= 15 is 0 Å². The molecule has 6 heterocycles. The number of nitrogens with zero attached hydrogens (tertiary/aromatic N) is 7. The maximum atomic E-state index is 13.8. The van der Waals surface area contributed by atoms with Crippen molar-refractivity contribution in [1.29, 1.82) is 0 Å². The van der Waals surface area contributed by atoms with Crippen LogP contribution in [0, 0.1) is 5.92 Å². The van der Waals surface area contributed by atoms with E-state index in [1.54, 1.807) is 63.8 Å². The van der Waals surface area contributed by atoms with Crippen LogP contribution in [0.2, 0.25) is 0 Å². The van der Waals surface area contributed by atoms with E-state index < -0.39 is 48.7 Å². The highest BCUT2D eigenvalue weighted by molar-refractivity contribution is 6.23. The molecular weight excluding hydrogens is 877 g/mol. The second-order valence-electron chi connectivity index (χ2n) is 18.5. The lowest BCUT2D eigenvalue weighted by atomic mass is 9.91. The second-order valence-corrected chi connectivity index (χ2v) is 18.5. The topological polar surface area (TPSA) is 193 Å². The Morgan fingerprint density at radius 1 is 0.794 bits per heavy atom. The molecule has 0 saturated carbocycles. The normalized spacial score (nSPS) is 19.4. The van der Waals surface area contributed by atoms with E-state index in [2.05, 4.69) is 20.0 Å². The zero-order valence-electron chi connectivity index (χ0n) is 39.8. The number of hydrogen-bond acceptors (Lipinski definition) is 14. The summed E-state index contributed by atoms with van der Waals surface area (Å²) in [6.45, 7) is 10.2. The van der Waals surface area contributed by atoms with Crippen LogP contribution in [0.25, 0.3) is 11.1 Å². The van der Waals surface area contributed by atoms with E-state index in [0.29, 0.717) is 31.0 Å². The van der Waals surface area contributed by atoms with Gasteiger partial charge in [-0.3, -0.25) is 38.7 Å². The molecule has 5 aliphatic rings. The van der Waals surface area contributed by atoms with Crippen molar-refractivity contribution in [3.63, 3.8) is 0 Å². The third kappa shape index (κ3) is 9.76. The summed E-state index contributed by atoms with van der Waals surface area (Å²) in [5.41, 5.74) is 5.52. The molecule has 0 aliphatic carbocycles. The number of ether oxygens (including phenoxy) is 4. The number of carbonyl (C=O) groups is 6. The number of carbonyl (C=O) groups excluding carboxylic acids is 6. The summed E-state index contributed by atoms with van der Waals surface area (Å²) in [4.78, 5) is 101. The van der Waals surface area contributed by atoms with Crippen LogP contribution in [-0.2, 0) is 45.6 Å². The zero-order chi connectivity index (χ0) is 48.4. The van der Waals surface area contributed by atoms with Crippen LogP contribution in [0.15, 0.2) is 41.3 Å². The van der Waals surface area contributed by atoms with Crippen molar-refractivity contribution in [3.05, 3.63) is 74.7 Å². The van der Waals surface area contributed by atoms with Gasteiger partial charge in [0.1, 0.15) is 17.5 Å². The summed E-state index contributed by atoms with van der Waals surface area (Å²) >= 11 is 0. The molecule has 0 spiro atoms. The van der Waals surface area contributed by atoms with Gasteiger partial charge in [-0.15, -0.1) is 0 Å². The van der Waals surface area contributed by atoms with Crippen molar-refractivity contribution in [2.45, 2.75) is 77.6 Å². The number of piperidine rings is 2. The Kier molecular flexibility index (Phi) is 14.4. The molecule has 364 valence electrons. The smallest absolute Gasteiger partial charge is 0.496 e. The summed E-state index contributed by atoms with van der Waals surface area (Å²) < 4.78 is 23.5. The molecule has 3 aromatic rings. The van der Waals surface area contributed by atoms with Gasteiger partial charge >= 0.3 is 12.2 Å². The summed E-state index contributed by atoms with van der Waals surface area (Å²) in [5, 5.41) is 2.67. The molecule has 3 fully saturated rings. The number of likely N-dealkylation sites (tertiary alicyclic amines) is 2. The molecule has 2 aromatic carbocycles. The van der Waals surface area contributed by atoms with Crippen molar-refractivity contribution in [1.82, 2.24) is 34.4 Å². The van der Waals surface area contributed by atoms with E-state index in [9.17, 15) is 33.6 Å². The molecule has 1 aromatic heterocycles. The maximum Gasteiger partial charge on any atom is 0.510 e. The third-order valence-electron chi connectivity index (χ3n) is 14.0. The number of rotatable bonds is 13. The molecule has 1 N–H and O–H groups in total. The van der Waals surface area contributed by atoms with Gasteiger partial charge in [0, 0.05) is 82.8 Å². The molecule has 1 unspecified atom stereocenters. The van der Waals surface area contributed by atoms with Crippen molar-refractivity contribution in [2.75, 3.05) is 85.3 Å². The fourth-order valence-corrected chi connectivity index (χ4v) is 10.2. The van der Waals surface area contributed by atoms with E-state index in [0.717, 1.165) is 114 Å². The predicted molar refractivity (Wildman–Crippen MR) is 249 cm³/mol. The van der Waals surface area contributed by atoms with Gasteiger partial charge in [0.05, 0.1) is 43.6 Å². The molecule has 3 saturated heterocycles. The van der Waals surface area contributed by atoms with Gasteiger partial charge in [0.2, 0.25) is 5.91 Å². The van der Waals surface area contributed by atoms with Crippen LogP contribution in [0.4, 0.5) is 15.3 Å². The largest absolute Gasteiger partial charge is 0.510 e. The van der Waals surface area contributed by atoms with Crippen molar-refractivity contribution >= 4 is 41.5 Å². The van der Waals surface area contributed by atoms with Crippen LogP contribution in [0.5, 0.6) is 11.5 Å². The fourth-order valence-electron chi connectivity index (χ4n) is 10.2. The lowest BCUT2D eigenvalue weighted by Gasteiger charge is -2.38. The number of urea groups is 1. The number of fused-ring (bicyclic) bond motifs is 2. The lowest BCUT2D eigenvalue weighted by molar-refractivity contribution is -0.156. The van der Waals surface area contributed by atoms with Gasteiger partial charge in [0.25, 0.3) is 23.3 Å². The number of anilines is 1. The van der Waals surface area contributed by atoms with Gasteiger partial charge in [-0.05, 0) is 113 Å². The molecule has 0 bridgehead atoms. The molecule has 1 atom stereocenters. The van der Waals surface area contributed by atoms with Crippen molar-refractivity contribution in [2.24, 2.45) is 13.0 Å². The Morgan fingerprint density at radius 3 is 2.15 bits per heavy atom. The highest BCUT2D eigenvalue weighted by Crippen LogP contribution is 2.39. The summed E-state index contributed by atoms with van der Waals surface area (Å²) in [6.07, 6.45) is 4.08. The third-order valence-corrected chi connectivity index (χ3v) is 14.0. The maximum absolute atomic E-state index is 13.8. The van der Waals surface area contributed by atoms with Gasteiger partial charge < -0.3 is 38.6 Å². The van der Waals surface area contributed by atoms with Crippen LogP contribution < -0.4 is 25.2 Å². The monoisotopic (exact) mass is 938 g/mol. The van der Waals surface area contributed by atoms with E-state index in [4.69, 9.17) is 18.9 Å².